The number of nitrogens with zero attached hydrogens (tertiary/aromatic N) is 1. The normalized spacial score (nSPS) is 11.6. The highest BCUT2D eigenvalue weighted by Gasteiger charge is 2.19. The highest BCUT2D eigenvalue weighted by Crippen LogP contribution is 2.46. The number of hydrogen-bond acceptors (Lipinski definition) is 1. The molecule has 0 saturated carbocycles. The van der Waals surface area contributed by atoms with Gasteiger partial charge in [-0.15, -0.1) is 0 Å². The first-order valence-corrected chi connectivity index (χ1v) is 17.1. The second kappa shape index (κ2) is 11.2. The second-order valence-electron chi connectivity index (χ2n) is 13.2. The summed E-state index contributed by atoms with van der Waals surface area (Å²) in [6.45, 7) is 0. The molecule has 0 aliphatic heterocycles. The average Bonchev–Trinajstić information content (AvgIpc) is 3.19. The fourth-order valence-corrected chi connectivity index (χ4v) is 7.97. The van der Waals surface area contributed by atoms with Crippen LogP contribution in [0.5, 0.6) is 0 Å². The van der Waals surface area contributed by atoms with E-state index < -0.39 is 0 Å². The van der Waals surface area contributed by atoms with Crippen LogP contribution in [0.3, 0.4) is 0 Å². The third-order valence-electron chi connectivity index (χ3n) is 10.4. The Morgan fingerprint density at radius 1 is 0.300 bits per heavy atom. The molecule has 0 aliphatic carbocycles. The van der Waals surface area contributed by atoms with Crippen molar-refractivity contribution in [1.29, 1.82) is 5.26 Å². The van der Waals surface area contributed by atoms with Crippen LogP contribution in [-0.4, -0.2) is 0 Å². The van der Waals surface area contributed by atoms with Crippen LogP contribution in [0.25, 0.3) is 98.4 Å². The smallest absolute Gasteiger partial charge is 0.0991 e. The van der Waals surface area contributed by atoms with E-state index in [1.54, 1.807) is 0 Å². The summed E-state index contributed by atoms with van der Waals surface area (Å²) in [5.41, 5.74) is 10.0. The minimum Gasteiger partial charge on any atom is -0.192 e. The van der Waals surface area contributed by atoms with Gasteiger partial charge in [-0.3, -0.25) is 0 Å². The van der Waals surface area contributed by atoms with Crippen molar-refractivity contribution in [1.82, 2.24) is 0 Å². The highest BCUT2D eigenvalue weighted by molar-refractivity contribution is 6.30. The van der Waals surface area contributed by atoms with Crippen molar-refractivity contribution in [3.8, 4) is 50.6 Å². The van der Waals surface area contributed by atoms with Crippen molar-refractivity contribution < 1.29 is 0 Å². The van der Waals surface area contributed by atoms with Crippen molar-refractivity contribution in [2.45, 2.75) is 0 Å². The lowest BCUT2D eigenvalue weighted by atomic mass is 9.83. The van der Waals surface area contributed by atoms with E-state index in [1.165, 1.54) is 81.7 Å². The zero-order chi connectivity index (χ0) is 33.2. The first kappa shape index (κ1) is 28.3. The second-order valence-corrected chi connectivity index (χ2v) is 13.2. The minimum atomic E-state index is 0.663. The summed E-state index contributed by atoms with van der Waals surface area (Å²) in [4.78, 5) is 0. The number of nitriles is 1. The Hall–Kier alpha value is -6.75. The third-order valence-corrected chi connectivity index (χ3v) is 10.4. The van der Waals surface area contributed by atoms with Gasteiger partial charge in [-0.1, -0.05) is 140 Å². The van der Waals surface area contributed by atoms with Crippen molar-refractivity contribution >= 4 is 53.9 Å². The van der Waals surface area contributed by atoms with Gasteiger partial charge in [0.2, 0.25) is 0 Å². The molecule has 0 spiro atoms. The van der Waals surface area contributed by atoms with Gasteiger partial charge < -0.3 is 0 Å². The zero-order valence-corrected chi connectivity index (χ0v) is 27.2. The molecule has 0 aromatic heterocycles. The number of hydrogen-bond donors (Lipinski definition) is 0. The summed E-state index contributed by atoms with van der Waals surface area (Å²) in [6.07, 6.45) is 0. The van der Waals surface area contributed by atoms with Crippen molar-refractivity contribution in [3.05, 3.63) is 181 Å². The maximum Gasteiger partial charge on any atom is 0.0991 e. The summed E-state index contributed by atoms with van der Waals surface area (Å²) in [7, 11) is 0. The van der Waals surface area contributed by atoms with E-state index in [9.17, 15) is 5.26 Å². The molecule has 0 fully saturated rings. The Labute approximate surface area is 290 Å². The first-order valence-electron chi connectivity index (χ1n) is 17.1. The topological polar surface area (TPSA) is 23.8 Å². The predicted molar refractivity (Wildman–Crippen MR) is 212 cm³/mol. The molecule has 0 saturated heterocycles. The van der Waals surface area contributed by atoms with Gasteiger partial charge in [-0.2, -0.15) is 5.26 Å². The molecular weight excluding hydrogens is 603 g/mol. The average molecular weight is 632 g/mol. The molecule has 0 heterocycles. The fourth-order valence-electron chi connectivity index (χ4n) is 7.97. The van der Waals surface area contributed by atoms with Gasteiger partial charge in [0.05, 0.1) is 11.6 Å². The maximum absolute atomic E-state index is 9.59. The molecule has 230 valence electrons. The van der Waals surface area contributed by atoms with Gasteiger partial charge in [0, 0.05) is 0 Å². The van der Waals surface area contributed by atoms with Crippen LogP contribution in [0.1, 0.15) is 5.56 Å². The molecule has 0 radical (unpaired) electrons. The summed E-state index contributed by atoms with van der Waals surface area (Å²) in [5.74, 6) is 0. The Balaban J connectivity index is 1.28. The van der Waals surface area contributed by atoms with E-state index >= 15 is 0 Å². The third kappa shape index (κ3) is 4.47. The van der Waals surface area contributed by atoms with E-state index in [-0.39, 0.29) is 0 Å². The van der Waals surface area contributed by atoms with Crippen molar-refractivity contribution in [2.75, 3.05) is 0 Å². The minimum absolute atomic E-state index is 0.663. The van der Waals surface area contributed by atoms with E-state index in [0.717, 1.165) is 16.7 Å². The molecule has 0 amide bonds. The molecule has 1 heteroatoms. The molecule has 0 N–H and O–H groups in total. The zero-order valence-electron chi connectivity index (χ0n) is 27.2. The molecule has 1 nitrogen and oxygen atoms in total. The van der Waals surface area contributed by atoms with Gasteiger partial charge in [0.25, 0.3) is 0 Å². The summed E-state index contributed by atoms with van der Waals surface area (Å²) in [6, 6.07) is 66.0. The highest BCUT2D eigenvalue weighted by atomic mass is 14.2. The number of fused-ring (bicyclic) bond motifs is 2. The van der Waals surface area contributed by atoms with Crippen LogP contribution < -0.4 is 0 Å². The Morgan fingerprint density at radius 3 is 1.48 bits per heavy atom. The summed E-state index contributed by atoms with van der Waals surface area (Å²) >= 11 is 0. The standard InChI is InChI=1S/C49H29N/c50-30-31-7-5-12-35(25-31)38-13-6-14-39(28-38)46-29-47(41-18-16-33-9-2-4-11-37(33)27-41)44-22-20-34-19-21-42(43-23-24-45(46)49(44)48(34)43)40-17-15-32-8-1-3-10-36(32)26-40/h1-29H. The largest absolute Gasteiger partial charge is 0.192 e. The summed E-state index contributed by atoms with van der Waals surface area (Å²) < 4.78 is 0. The fraction of sp³-hybridized carbons (Fsp3) is 0. The molecular formula is C49H29N. The van der Waals surface area contributed by atoms with Crippen LogP contribution in [0.15, 0.2) is 176 Å². The van der Waals surface area contributed by atoms with Crippen LogP contribution in [0.4, 0.5) is 0 Å². The van der Waals surface area contributed by atoms with Crippen LogP contribution >= 0.6 is 0 Å². The molecule has 0 bridgehead atoms. The number of rotatable bonds is 4. The summed E-state index contributed by atoms with van der Waals surface area (Å²) in [5, 5.41) is 22.1. The lowest BCUT2D eigenvalue weighted by Gasteiger charge is -2.20. The predicted octanol–water partition coefficient (Wildman–Crippen LogP) is 13.4. The SMILES string of the molecule is N#Cc1cccc(-c2cccc(-c3cc(-c4ccc5ccccc5c4)c4ccc5ccc(-c6ccc7ccccc7c6)c6ccc3c4c56)c2)c1. The Bertz CT molecular complexity index is 3000. The quantitative estimate of drug-likeness (QED) is 0.177. The van der Waals surface area contributed by atoms with E-state index in [1.807, 2.05) is 18.2 Å². The van der Waals surface area contributed by atoms with Crippen LogP contribution in [0.2, 0.25) is 0 Å². The first-order chi connectivity index (χ1) is 24.7. The molecule has 0 aliphatic rings. The van der Waals surface area contributed by atoms with Gasteiger partial charge in [-0.05, 0) is 135 Å². The molecule has 0 unspecified atom stereocenters. The lowest BCUT2D eigenvalue weighted by molar-refractivity contribution is 1.48. The van der Waals surface area contributed by atoms with E-state index in [4.69, 9.17) is 0 Å². The molecule has 10 rings (SSSR count). The maximum atomic E-state index is 9.59. The molecule has 10 aromatic carbocycles. The lowest BCUT2D eigenvalue weighted by Crippen LogP contribution is -1.93. The van der Waals surface area contributed by atoms with Gasteiger partial charge in [0.15, 0.2) is 0 Å². The van der Waals surface area contributed by atoms with Crippen LogP contribution in [-0.2, 0) is 0 Å². The molecule has 10 aromatic rings. The van der Waals surface area contributed by atoms with Crippen molar-refractivity contribution in [2.24, 2.45) is 0 Å². The van der Waals surface area contributed by atoms with E-state index in [0.29, 0.717) is 5.56 Å². The molecule has 0 atom stereocenters. The monoisotopic (exact) mass is 631 g/mol. The van der Waals surface area contributed by atoms with Crippen molar-refractivity contribution in [3.63, 3.8) is 0 Å². The Morgan fingerprint density at radius 2 is 0.800 bits per heavy atom. The number of benzene rings is 10. The van der Waals surface area contributed by atoms with Gasteiger partial charge >= 0.3 is 0 Å². The van der Waals surface area contributed by atoms with Gasteiger partial charge in [-0.25, -0.2) is 0 Å². The Kier molecular flexibility index (Phi) is 6.31. The molecule has 50 heavy (non-hydrogen) atoms. The van der Waals surface area contributed by atoms with Crippen LogP contribution in [0, 0.1) is 11.3 Å². The van der Waals surface area contributed by atoms with Gasteiger partial charge in [0.1, 0.15) is 0 Å². The van der Waals surface area contributed by atoms with E-state index in [2.05, 4.69) is 164 Å².